The molecule has 0 aromatic heterocycles. The first kappa shape index (κ1) is 11.9. The van der Waals surface area contributed by atoms with E-state index in [9.17, 15) is 15.2 Å². The van der Waals surface area contributed by atoms with Crippen LogP contribution in [0.15, 0.2) is 18.2 Å². The maximum absolute atomic E-state index is 10.7. The van der Waals surface area contributed by atoms with E-state index in [2.05, 4.69) is 4.90 Å². The third kappa shape index (κ3) is 2.24. The Morgan fingerprint density at radius 2 is 2.35 bits per heavy atom. The molecule has 1 atom stereocenters. The number of nitro groups is 1. The molecule has 0 spiro atoms. The number of nitro benzene ring substituents is 1. The quantitative estimate of drug-likeness (QED) is 0.642. The molecular weight excluding hydrogens is 220 g/mol. The zero-order valence-electron chi connectivity index (χ0n) is 9.80. The summed E-state index contributed by atoms with van der Waals surface area (Å²) in [6, 6.07) is 5.04. The molecule has 17 heavy (non-hydrogen) atoms. The van der Waals surface area contributed by atoms with E-state index in [4.69, 9.17) is 0 Å². The number of aliphatic hydroxyl groups excluding tert-OH is 1. The number of non-ortho nitro benzene ring substituents is 1. The Balaban J connectivity index is 2.30. The standard InChI is InChI=1S/C12H16N2O3/c1-9-7-10(14(16)17)4-5-12(9)13-6-2-3-11(13)8-15/h4-5,7,11,15H,2-3,6,8H2,1H3. The normalized spacial score (nSPS) is 19.6. The third-order valence-corrected chi connectivity index (χ3v) is 3.29. The Hall–Kier alpha value is -1.62. The summed E-state index contributed by atoms with van der Waals surface area (Å²) in [6.45, 7) is 2.91. The molecule has 5 nitrogen and oxygen atoms in total. The van der Waals surface area contributed by atoms with Crippen molar-refractivity contribution in [3.8, 4) is 0 Å². The minimum absolute atomic E-state index is 0.117. The number of nitrogens with zero attached hydrogens (tertiary/aromatic N) is 2. The van der Waals surface area contributed by atoms with Crippen molar-refractivity contribution in [1.82, 2.24) is 0 Å². The van der Waals surface area contributed by atoms with E-state index in [1.807, 2.05) is 6.92 Å². The summed E-state index contributed by atoms with van der Waals surface area (Å²) in [4.78, 5) is 12.4. The fraction of sp³-hybridized carbons (Fsp3) is 0.500. The molecule has 2 rings (SSSR count). The monoisotopic (exact) mass is 236 g/mol. The van der Waals surface area contributed by atoms with E-state index in [-0.39, 0.29) is 23.3 Å². The lowest BCUT2D eigenvalue weighted by molar-refractivity contribution is -0.384. The van der Waals surface area contributed by atoms with Crippen LogP contribution in [0.2, 0.25) is 0 Å². The second kappa shape index (κ2) is 4.71. The van der Waals surface area contributed by atoms with Gasteiger partial charge in [0.1, 0.15) is 0 Å². The predicted molar refractivity (Wildman–Crippen MR) is 65.3 cm³/mol. The van der Waals surface area contributed by atoms with Crippen LogP contribution < -0.4 is 4.90 Å². The highest BCUT2D eigenvalue weighted by atomic mass is 16.6. The lowest BCUT2D eigenvalue weighted by Gasteiger charge is -2.26. The molecule has 5 heteroatoms. The van der Waals surface area contributed by atoms with E-state index in [1.54, 1.807) is 12.1 Å². The van der Waals surface area contributed by atoms with Gasteiger partial charge in [-0.05, 0) is 31.4 Å². The largest absolute Gasteiger partial charge is 0.394 e. The van der Waals surface area contributed by atoms with Gasteiger partial charge in [0.2, 0.25) is 0 Å². The van der Waals surface area contributed by atoms with Crippen LogP contribution >= 0.6 is 0 Å². The van der Waals surface area contributed by atoms with Crippen molar-refractivity contribution in [2.24, 2.45) is 0 Å². The first-order valence-corrected chi connectivity index (χ1v) is 5.76. The van der Waals surface area contributed by atoms with Crippen molar-refractivity contribution in [3.05, 3.63) is 33.9 Å². The molecular formula is C12H16N2O3. The molecule has 0 bridgehead atoms. The van der Waals surface area contributed by atoms with Gasteiger partial charge in [-0.2, -0.15) is 0 Å². The van der Waals surface area contributed by atoms with Crippen LogP contribution in [0.5, 0.6) is 0 Å². The second-order valence-electron chi connectivity index (χ2n) is 4.40. The smallest absolute Gasteiger partial charge is 0.269 e. The number of hydrogen-bond donors (Lipinski definition) is 1. The zero-order valence-corrected chi connectivity index (χ0v) is 9.80. The Morgan fingerprint density at radius 3 is 2.94 bits per heavy atom. The SMILES string of the molecule is Cc1cc([N+](=O)[O-])ccc1N1CCCC1CO. The summed E-state index contributed by atoms with van der Waals surface area (Å²) < 4.78 is 0. The van der Waals surface area contributed by atoms with Crippen LogP contribution in [-0.4, -0.2) is 29.2 Å². The number of rotatable bonds is 3. The van der Waals surface area contributed by atoms with Crippen LogP contribution in [-0.2, 0) is 0 Å². The number of benzene rings is 1. The van der Waals surface area contributed by atoms with Crippen LogP contribution in [0.3, 0.4) is 0 Å². The van der Waals surface area contributed by atoms with Crippen molar-refractivity contribution < 1.29 is 10.0 Å². The van der Waals surface area contributed by atoms with Gasteiger partial charge < -0.3 is 10.0 Å². The summed E-state index contributed by atoms with van der Waals surface area (Å²) in [5.74, 6) is 0. The Morgan fingerprint density at radius 1 is 1.59 bits per heavy atom. The first-order chi connectivity index (χ1) is 8.13. The van der Waals surface area contributed by atoms with E-state index in [1.165, 1.54) is 6.07 Å². The van der Waals surface area contributed by atoms with Crippen LogP contribution in [0, 0.1) is 17.0 Å². The Bertz CT molecular complexity index is 434. The van der Waals surface area contributed by atoms with Crippen LogP contribution in [0.1, 0.15) is 18.4 Å². The summed E-state index contributed by atoms with van der Waals surface area (Å²) in [5.41, 5.74) is 2.00. The summed E-state index contributed by atoms with van der Waals surface area (Å²) >= 11 is 0. The molecule has 0 radical (unpaired) electrons. The average molecular weight is 236 g/mol. The number of anilines is 1. The van der Waals surface area contributed by atoms with E-state index >= 15 is 0 Å². The number of aliphatic hydroxyl groups is 1. The molecule has 1 fully saturated rings. The van der Waals surface area contributed by atoms with Crippen molar-refractivity contribution in [2.45, 2.75) is 25.8 Å². The topological polar surface area (TPSA) is 66.6 Å². The fourth-order valence-electron chi connectivity index (χ4n) is 2.42. The molecule has 1 N–H and O–H groups in total. The Kier molecular flexibility index (Phi) is 3.28. The molecule has 1 saturated heterocycles. The highest BCUT2D eigenvalue weighted by molar-refractivity contribution is 5.58. The lowest BCUT2D eigenvalue weighted by atomic mass is 10.1. The van der Waals surface area contributed by atoms with E-state index in [0.29, 0.717) is 0 Å². The van der Waals surface area contributed by atoms with Crippen molar-refractivity contribution in [2.75, 3.05) is 18.1 Å². The molecule has 92 valence electrons. The molecule has 1 aromatic carbocycles. The molecule has 0 aliphatic carbocycles. The van der Waals surface area contributed by atoms with Gasteiger partial charge in [-0.3, -0.25) is 10.1 Å². The number of hydrogen-bond acceptors (Lipinski definition) is 4. The van der Waals surface area contributed by atoms with Crippen molar-refractivity contribution >= 4 is 11.4 Å². The fourth-order valence-corrected chi connectivity index (χ4v) is 2.42. The average Bonchev–Trinajstić information content (AvgIpc) is 2.76. The van der Waals surface area contributed by atoms with E-state index in [0.717, 1.165) is 30.6 Å². The predicted octanol–water partition coefficient (Wildman–Crippen LogP) is 1.86. The van der Waals surface area contributed by atoms with Crippen LogP contribution in [0.25, 0.3) is 0 Å². The van der Waals surface area contributed by atoms with Crippen molar-refractivity contribution in [1.29, 1.82) is 0 Å². The highest BCUT2D eigenvalue weighted by Crippen LogP contribution is 2.30. The minimum atomic E-state index is -0.385. The van der Waals surface area contributed by atoms with Crippen molar-refractivity contribution in [3.63, 3.8) is 0 Å². The van der Waals surface area contributed by atoms with Gasteiger partial charge in [-0.15, -0.1) is 0 Å². The van der Waals surface area contributed by atoms with Gasteiger partial charge in [0.15, 0.2) is 0 Å². The van der Waals surface area contributed by atoms with E-state index < -0.39 is 0 Å². The van der Waals surface area contributed by atoms with Gasteiger partial charge in [0.25, 0.3) is 5.69 Å². The number of aryl methyl sites for hydroxylation is 1. The third-order valence-electron chi connectivity index (χ3n) is 3.29. The van der Waals surface area contributed by atoms with Gasteiger partial charge >= 0.3 is 0 Å². The summed E-state index contributed by atoms with van der Waals surface area (Å²) in [6.07, 6.45) is 2.04. The zero-order chi connectivity index (χ0) is 12.4. The summed E-state index contributed by atoms with van der Waals surface area (Å²) in [5, 5.41) is 19.9. The molecule has 0 saturated carbocycles. The maximum atomic E-state index is 10.7. The van der Waals surface area contributed by atoms with Gasteiger partial charge in [-0.25, -0.2) is 0 Å². The second-order valence-corrected chi connectivity index (χ2v) is 4.40. The molecule has 1 unspecified atom stereocenters. The molecule has 1 aromatic rings. The minimum Gasteiger partial charge on any atom is -0.394 e. The van der Waals surface area contributed by atoms with Crippen LogP contribution in [0.4, 0.5) is 11.4 Å². The maximum Gasteiger partial charge on any atom is 0.269 e. The molecule has 1 heterocycles. The molecule has 0 amide bonds. The Labute approximate surface area is 99.8 Å². The molecule has 1 aliphatic rings. The van der Waals surface area contributed by atoms with Gasteiger partial charge in [0.05, 0.1) is 17.6 Å². The molecule has 1 aliphatic heterocycles. The van der Waals surface area contributed by atoms with Gasteiger partial charge in [0, 0.05) is 24.4 Å². The summed E-state index contributed by atoms with van der Waals surface area (Å²) in [7, 11) is 0. The van der Waals surface area contributed by atoms with Gasteiger partial charge in [-0.1, -0.05) is 0 Å². The lowest BCUT2D eigenvalue weighted by Crippen LogP contribution is -2.32. The first-order valence-electron chi connectivity index (χ1n) is 5.76. The highest BCUT2D eigenvalue weighted by Gasteiger charge is 2.25.